The van der Waals surface area contributed by atoms with Gasteiger partial charge in [-0.25, -0.2) is 9.88 Å². The Balaban J connectivity index is 1.80. The lowest BCUT2D eigenvalue weighted by atomic mass is 10.0. The predicted octanol–water partition coefficient (Wildman–Crippen LogP) is 3.35. The molecule has 206 valence electrons. The summed E-state index contributed by atoms with van der Waals surface area (Å²) < 4.78 is 25.0. The molecule has 3 rings (SSSR count). The first-order chi connectivity index (χ1) is 18.0. The third-order valence-corrected chi connectivity index (χ3v) is 8.01. The van der Waals surface area contributed by atoms with Gasteiger partial charge in [0.2, 0.25) is 0 Å². The highest BCUT2D eigenvalue weighted by atomic mass is 32.5. The summed E-state index contributed by atoms with van der Waals surface area (Å²) >= 11 is 5.85. The zero-order valence-corrected chi connectivity index (χ0v) is 23.6. The second-order valence-corrected chi connectivity index (χ2v) is 12.8. The first kappa shape index (κ1) is 29.8. The number of nitrogens with one attached hydrogen (secondary N) is 2. The van der Waals surface area contributed by atoms with E-state index in [0.29, 0.717) is 18.6 Å². The summed E-state index contributed by atoms with van der Waals surface area (Å²) in [4.78, 5) is 38.9. The highest BCUT2D eigenvalue weighted by Gasteiger charge is 2.38. The van der Waals surface area contributed by atoms with E-state index in [9.17, 15) is 14.4 Å². The fraction of sp³-hybridized carbons (Fsp3) is 0.500. The van der Waals surface area contributed by atoms with Crippen LogP contribution < -0.4 is 20.9 Å². The molecule has 1 aromatic carbocycles. The Labute approximate surface area is 227 Å². The average molecular weight is 564 g/mol. The molecule has 5 atom stereocenters. The molecular weight excluding hydrogens is 529 g/mol. The molecule has 0 amide bonds. The normalized spacial score (nSPS) is 21.6. The van der Waals surface area contributed by atoms with Gasteiger partial charge in [0.05, 0.1) is 24.7 Å². The Morgan fingerprint density at radius 2 is 1.97 bits per heavy atom. The average Bonchev–Trinajstić information content (AvgIpc) is 3.25. The Kier molecular flexibility index (Phi) is 10.5. The number of esters is 1. The fourth-order valence-corrected chi connectivity index (χ4v) is 6.32. The Morgan fingerprint density at radius 1 is 1.26 bits per heavy atom. The van der Waals surface area contributed by atoms with Crippen LogP contribution in [0.2, 0.25) is 0 Å². The molecule has 0 aliphatic carbocycles. The van der Waals surface area contributed by atoms with Crippen LogP contribution in [0.25, 0.3) is 0 Å². The van der Waals surface area contributed by atoms with Crippen molar-refractivity contribution in [2.45, 2.75) is 65.0 Å². The smallest absolute Gasteiger partial charge is 0.330 e. The van der Waals surface area contributed by atoms with Crippen LogP contribution in [-0.4, -0.2) is 40.4 Å². The zero-order valence-electron chi connectivity index (χ0n) is 21.9. The number of carbonyl (C=O) groups excluding carboxylic acids is 1. The van der Waals surface area contributed by atoms with Crippen LogP contribution in [0.15, 0.2) is 52.2 Å². The topological polar surface area (TPSA) is 121 Å². The number of hydrogen-bond acceptors (Lipinski definition) is 8. The van der Waals surface area contributed by atoms with E-state index in [2.05, 4.69) is 16.0 Å². The Hall–Kier alpha value is -2.74. The van der Waals surface area contributed by atoms with Crippen LogP contribution in [0.5, 0.6) is 5.75 Å². The number of para-hydroxylation sites is 1. The third kappa shape index (κ3) is 8.38. The summed E-state index contributed by atoms with van der Waals surface area (Å²) in [5.74, 6) is 2.42. The number of hydrogen-bond donors (Lipinski definition) is 2. The molecule has 0 radical (unpaired) electrons. The van der Waals surface area contributed by atoms with E-state index in [4.69, 9.17) is 36.8 Å². The number of benzene rings is 1. The van der Waals surface area contributed by atoms with Crippen LogP contribution in [0.1, 0.15) is 46.8 Å². The summed E-state index contributed by atoms with van der Waals surface area (Å²) in [7, 11) is 0. The van der Waals surface area contributed by atoms with Gasteiger partial charge in [0.15, 0.2) is 6.23 Å². The second kappa shape index (κ2) is 13.4. The van der Waals surface area contributed by atoms with Gasteiger partial charge in [0, 0.05) is 12.3 Å². The second-order valence-electron chi connectivity index (χ2n) is 9.67. The van der Waals surface area contributed by atoms with Crippen molar-refractivity contribution < 1.29 is 23.3 Å². The van der Waals surface area contributed by atoms with Gasteiger partial charge in [-0.3, -0.25) is 19.1 Å². The molecule has 1 fully saturated rings. The van der Waals surface area contributed by atoms with Crippen molar-refractivity contribution in [3.63, 3.8) is 0 Å². The van der Waals surface area contributed by atoms with Crippen LogP contribution in [0.4, 0.5) is 0 Å². The van der Waals surface area contributed by atoms with E-state index in [0.717, 1.165) is 0 Å². The SMILES string of the molecule is C#CC1CC(COP(=S)(NC(CC(C)C)C(=O)OC(C)C)Oc2ccccc2)OC1n1ccc(=O)[nH]c1=O. The largest absolute Gasteiger partial charge is 0.462 e. The van der Waals surface area contributed by atoms with Gasteiger partial charge in [0.1, 0.15) is 11.8 Å². The molecule has 10 nitrogen and oxygen atoms in total. The summed E-state index contributed by atoms with van der Waals surface area (Å²) in [6.45, 7) is 4.23. The minimum absolute atomic E-state index is 0.00246. The molecule has 5 unspecified atom stereocenters. The summed E-state index contributed by atoms with van der Waals surface area (Å²) in [6, 6.07) is 9.42. The molecule has 1 saturated heterocycles. The number of carbonyl (C=O) groups is 1. The molecule has 1 aliphatic heterocycles. The molecule has 38 heavy (non-hydrogen) atoms. The monoisotopic (exact) mass is 563 g/mol. The zero-order chi connectivity index (χ0) is 27.9. The van der Waals surface area contributed by atoms with Gasteiger partial charge in [-0.2, -0.15) is 0 Å². The quantitative estimate of drug-likeness (QED) is 0.228. The molecule has 2 aromatic rings. The minimum Gasteiger partial charge on any atom is -0.462 e. The van der Waals surface area contributed by atoms with Crippen LogP contribution >= 0.6 is 6.64 Å². The standard InChI is InChI=1S/C26H34N3O7PS/c1-6-19-15-21(35-24(19)29-13-12-23(30)27-26(29)32)16-33-37(38,36-20-10-8-7-9-11-20)28-22(14-17(2)3)25(31)34-18(4)5/h1,7-13,17-19,21-22,24H,14-16H2,2-5H3,(H,28,38)(H,27,30,32). The fourth-order valence-electron chi connectivity index (χ4n) is 3.96. The van der Waals surface area contributed by atoms with E-state index in [1.807, 2.05) is 19.9 Å². The Morgan fingerprint density at radius 3 is 2.58 bits per heavy atom. The lowest BCUT2D eigenvalue weighted by Gasteiger charge is -2.29. The van der Waals surface area contributed by atoms with Gasteiger partial charge in [-0.1, -0.05) is 38.0 Å². The first-order valence-corrected chi connectivity index (χ1v) is 15.0. The van der Waals surface area contributed by atoms with Crippen molar-refractivity contribution in [2.75, 3.05) is 6.61 Å². The predicted molar refractivity (Wildman–Crippen MR) is 147 cm³/mol. The van der Waals surface area contributed by atoms with Crippen molar-refractivity contribution >= 4 is 24.4 Å². The highest BCUT2D eigenvalue weighted by Crippen LogP contribution is 2.47. The number of nitrogens with zero attached hydrogens (tertiary/aromatic N) is 1. The minimum atomic E-state index is -3.30. The molecule has 1 aliphatic rings. The molecule has 0 bridgehead atoms. The molecule has 0 spiro atoms. The van der Waals surface area contributed by atoms with Gasteiger partial charge in [-0.15, -0.1) is 6.42 Å². The third-order valence-electron chi connectivity index (χ3n) is 5.59. The molecular formula is C26H34N3O7PS. The Bertz CT molecular complexity index is 1290. The van der Waals surface area contributed by atoms with Crippen molar-refractivity contribution in [3.8, 4) is 18.1 Å². The molecule has 0 saturated carbocycles. The first-order valence-electron chi connectivity index (χ1n) is 12.4. The maximum absolute atomic E-state index is 12.9. The number of terminal acetylenes is 1. The van der Waals surface area contributed by atoms with E-state index in [1.54, 1.807) is 38.1 Å². The van der Waals surface area contributed by atoms with Gasteiger partial charge < -0.3 is 18.5 Å². The number of rotatable bonds is 12. The van der Waals surface area contributed by atoms with E-state index in [-0.39, 0.29) is 18.6 Å². The van der Waals surface area contributed by atoms with Gasteiger partial charge >= 0.3 is 18.3 Å². The molecule has 2 N–H and O–H groups in total. The van der Waals surface area contributed by atoms with Crippen molar-refractivity contribution in [1.29, 1.82) is 0 Å². The number of H-pyrrole nitrogens is 1. The highest BCUT2D eigenvalue weighted by molar-refractivity contribution is 8.09. The lowest BCUT2D eigenvalue weighted by Crippen LogP contribution is -2.40. The van der Waals surface area contributed by atoms with Crippen molar-refractivity contribution in [2.24, 2.45) is 11.8 Å². The number of aromatic amines is 1. The molecule has 1 aromatic heterocycles. The van der Waals surface area contributed by atoms with Crippen LogP contribution in [0, 0.1) is 24.2 Å². The number of aromatic nitrogens is 2. The van der Waals surface area contributed by atoms with Crippen LogP contribution in [-0.2, 0) is 30.6 Å². The van der Waals surface area contributed by atoms with E-state index < -0.39 is 48.2 Å². The summed E-state index contributed by atoms with van der Waals surface area (Å²) in [6.07, 6.45) is 6.31. The van der Waals surface area contributed by atoms with E-state index >= 15 is 0 Å². The van der Waals surface area contributed by atoms with E-state index in [1.165, 1.54) is 16.8 Å². The van der Waals surface area contributed by atoms with Gasteiger partial charge in [-0.05, 0) is 56.5 Å². The lowest BCUT2D eigenvalue weighted by molar-refractivity contribution is -0.150. The van der Waals surface area contributed by atoms with Crippen molar-refractivity contribution in [1.82, 2.24) is 14.6 Å². The summed E-state index contributed by atoms with van der Waals surface area (Å²) in [5.41, 5.74) is -1.14. The summed E-state index contributed by atoms with van der Waals surface area (Å²) in [5, 5.41) is 3.14. The number of ether oxygens (including phenoxy) is 2. The molecule has 2 heterocycles. The maximum Gasteiger partial charge on any atom is 0.330 e. The van der Waals surface area contributed by atoms with Crippen molar-refractivity contribution in [3.05, 3.63) is 63.4 Å². The van der Waals surface area contributed by atoms with Crippen LogP contribution in [0.3, 0.4) is 0 Å². The molecule has 12 heteroatoms. The maximum atomic E-state index is 12.9. The van der Waals surface area contributed by atoms with Gasteiger partial charge in [0.25, 0.3) is 5.56 Å².